The van der Waals surface area contributed by atoms with E-state index in [0.29, 0.717) is 0 Å². The van der Waals surface area contributed by atoms with E-state index in [0.717, 1.165) is 37.0 Å². The molecule has 0 spiro atoms. The predicted octanol–water partition coefficient (Wildman–Crippen LogP) is 2.34. The Bertz CT molecular complexity index is 569. The molecule has 2 aromatic rings. The molecule has 1 N–H and O–H groups in total. The number of anilines is 1. The highest BCUT2D eigenvalue weighted by Crippen LogP contribution is 2.23. The first-order valence-electron chi connectivity index (χ1n) is 6.56. The Balaban J connectivity index is 1.75. The average molecular weight is 254 g/mol. The lowest BCUT2D eigenvalue weighted by molar-refractivity contribution is 0.268. The van der Waals surface area contributed by atoms with E-state index in [1.807, 2.05) is 20.0 Å². The van der Waals surface area contributed by atoms with Gasteiger partial charge in [-0.3, -0.25) is 4.90 Å². The van der Waals surface area contributed by atoms with E-state index in [9.17, 15) is 0 Å². The normalized spacial score (nSPS) is 14.4. The highest BCUT2D eigenvalue weighted by Gasteiger charge is 2.19. The molecule has 0 fully saturated rings. The molecule has 2 heterocycles. The zero-order valence-corrected chi connectivity index (χ0v) is 11.3. The van der Waals surface area contributed by atoms with Gasteiger partial charge in [-0.2, -0.15) is 0 Å². The highest BCUT2D eigenvalue weighted by atomic mass is 15.2. The number of fused-ring (bicyclic) bond motifs is 1. The number of benzene rings is 1. The van der Waals surface area contributed by atoms with Crippen LogP contribution in [0, 0.1) is 6.92 Å². The maximum atomic E-state index is 4.52. The van der Waals surface area contributed by atoms with Crippen LogP contribution in [0.25, 0.3) is 0 Å². The zero-order chi connectivity index (χ0) is 13.2. The standard InChI is InChI=1S/C15H18N4/c1-11-7-14(16-2)18-15(17-11)10-19-8-12-5-3-4-6-13(12)9-19/h3-7H,8-10H2,1-2H3,(H,16,17,18). The Labute approximate surface area is 113 Å². The number of nitrogens with zero attached hydrogens (tertiary/aromatic N) is 3. The van der Waals surface area contributed by atoms with Gasteiger partial charge in [-0.25, -0.2) is 9.97 Å². The van der Waals surface area contributed by atoms with E-state index >= 15 is 0 Å². The summed E-state index contributed by atoms with van der Waals surface area (Å²) in [7, 11) is 1.89. The number of rotatable bonds is 3. The lowest BCUT2D eigenvalue weighted by Gasteiger charge is -2.14. The van der Waals surface area contributed by atoms with Crippen LogP contribution in [-0.4, -0.2) is 21.9 Å². The van der Waals surface area contributed by atoms with Crippen molar-refractivity contribution >= 4 is 5.82 Å². The molecule has 0 saturated heterocycles. The van der Waals surface area contributed by atoms with Gasteiger partial charge >= 0.3 is 0 Å². The Hall–Kier alpha value is -1.94. The lowest BCUT2D eigenvalue weighted by atomic mass is 10.1. The Kier molecular flexibility index (Phi) is 3.17. The third kappa shape index (κ3) is 2.58. The molecule has 1 aliphatic rings. The van der Waals surface area contributed by atoms with Crippen LogP contribution in [0.1, 0.15) is 22.6 Å². The molecule has 1 aromatic heterocycles. The first-order chi connectivity index (χ1) is 9.24. The van der Waals surface area contributed by atoms with Crippen molar-refractivity contribution in [2.45, 2.75) is 26.6 Å². The second-order valence-corrected chi connectivity index (χ2v) is 4.97. The fraction of sp³-hybridized carbons (Fsp3) is 0.333. The van der Waals surface area contributed by atoms with Crippen LogP contribution < -0.4 is 5.32 Å². The van der Waals surface area contributed by atoms with Crippen molar-refractivity contribution in [3.8, 4) is 0 Å². The van der Waals surface area contributed by atoms with Gasteiger partial charge in [0.25, 0.3) is 0 Å². The lowest BCUT2D eigenvalue weighted by Crippen LogP contribution is -2.18. The molecule has 0 aliphatic carbocycles. The van der Waals surface area contributed by atoms with Crippen molar-refractivity contribution in [2.24, 2.45) is 0 Å². The summed E-state index contributed by atoms with van der Waals surface area (Å²) in [5.74, 6) is 1.77. The van der Waals surface area contributed by atoms with E-state index in [1.54, 1.807) is 0 Å². The largest absolute Gasteiger partial charge is 0.373 e. The monoisotopic (exact) mass is 254 g/mol. The molecule has 1 aliphatic heterocycles. The summed E-state index contributed by atoms with van der Waals surface area (Å²) in [6.45, 7) is 4.78. The predicted molar refractivity (Wildman–Crippen MR) is 75.7 cm³/mol. The summed E-state index contributed by atoms with van der Waals surface area (Å²) in [5.41, 5.74) is 3.85. The third-order valence-electron chi connectivity index (χ3n) is 3.43. The summed E-state index contributed by atoms with van der Waals surface area (Å²) in [5, 5.41) is 3.08. The summed E-state index contributed by atoms with van der Waals surface area (Å²) < 4.78 is 0. The van der Waals surface area contributed by atoms with Crippen LogP contribution in [-0.2, 0) is 19.6 Å². The average Bonchev–Trinajstić information content (AvgIpc) is 2.80. The summed E-state index contributed by atoms with van der Waals surface area (Å²) in [6, 6.07) is 10.6. The van der Waals surface area contributed by atoms with Gasteiger partial charge in [0.1, 0.15) is 11.6 Å². The molecule has 1 aromatic carbocycles. The minimum atomic E-state index is 0.797. The molecule has 3 rings (SSSR count). The quantitative estimate of drug-likeness (QED) is 0.913. The van der Waals surface area contributed by atoms with Crippen LogP contribution in [0.5, 0.6) is 0 Å². The molecule has 0 atom stereocenters. The van der Waals surface area contributed by atoms with Gasteiger partial charge < -0.3 is 5.32 Å². The molecular weight excluding hydrogens is 236 g/mol. The van der Waals surface area contributed by atoms with E-state index in [4.69, 9.17) is 0 Å². The summed E-state index contributed by atoms with van der Waals surface area (Å²) in [4.78, 5) is 11.4. The zero-order valence-electron chi connectivity index (χ0n) is 11.3. The van der Waals surface area contributed by atoms with Gasteiger partial charge in [-0.15, -0.1) is 0 Å². The minimum Gasteiger partial charge on any atom is -0.373 e. The van der Waals surface area contributed by atoms with Gasteiger partial charge in [0.05, 0.1) is 6.54 Å². The van der Waals surface area contributed by atoms with Crippen LogP contribution in [0.2, 0.25) is 0 Å². The van der Waals surface area contributed by atoms with Crippen molar-refractivity contribution in [1.82, 2.24) is 14.9 Å². The van der Waals surface area contributed by atoms with Gasteiger partial charge in [0.2, 0.25) is 0 Å². The van der Waals surface area contributed by atoms with Crippen LogP contribution in [0.3, 0.4) is 0 Å². The molecule has 98 valence electrons. The van der Waals surface area contributed by atoms with E-state index in [2.05, 4.69) is 44.5 Å². The SMILES string of the molecule is CNc1cc(C)nc(CN2Cc3ccccc3C2)n1. The number of hydrogen-bond acceptors (Lipinski definition) is 4. The van der Waals surface area contributed by atoms with Gasteiger partial charge in [0.15, 0.2) is 0 Å². The van der Waals surface area contributed by atoms with Crippen molar-refractivity contribution < 1.29 is 0 Å². The summed E-state index contributed by atoms with van der Waals surface area (Å²) >= 11 is 0. The van der Waals surface area contributed by atoms with E-state index < -0.39 is 0 Å². The molecule has 4 heteroatoms. The molecule has 0 saturated carbocycles. The fourth-order valence-electron chi connectivity index (χ4n) is 2.54. The van der Waals surface area contributed by atoms with Crippen LogP contribution in [0.15, 0.2) is 30.3 Å². The van der Waals surface area contributed by atoms with E-state index in [-0.39, 0.29) is 0 Å². The number of aryl methyl sites for hydroxylation is 1. The Morgan fingerprint density at radius 3 is 2.47 bits per heavy atom. The minimum absolute atomic E-state index is 0.797. The first kappa shape index (κ1) is 12.1. The molecular formula is C15H18N4. The number of nitrogens with one attached hydrogen (secondary N) is 1. The first-order valence-corrected chi connectivity index (χ1v) is 6.56. The third-order valence-corrected chi connectivity index (χ3v) is 3.43. The fourth-order valence-corrected chi connectivity index (χ4v) is 2.54. The van der Waals surface area contributed by atoms with Crippen LogP contribution in [0.4, 0.5) is 5.82 Å². The molecule has 0 bridgehead atoms. The second-order valence-electron chi connectivity index (χ2n) is 4.97. The van der Waals surface area contributed by atoms with Crippen LogP contribution >= 0.6 is 0 Å². The van der Waals surface area contributed by atoms with Gasteiger partial charge in [-0.05, 0) is 18.1 Å². The molecule has 0 radical (unpaired) electrons. The van der Waals surface area contributed by atoms with Gasteiger partial charge in [0, 0.05) is 31.9 Å². The molecule has 19 heavy (non-hydrogen) atoms. The smallest absolute Gasteiger partial charge is 0.144 e. The van der Waals surface area contributed by atoms with Crippen molar-refractivity contribution in [3.05, 3.63) is 53.0 Å². The topological polar surface area (TPSA) is 41.1 Å². The molecule has 0 amide bonds. The number of hydrogen-bond donors (Lipinski definition) is 1. The summed E-state index contributed by atoms with van der Waals surface area (Å²) in [6.07, 6.45) is 0. The van der Waals surface area contributed by atoms with Gasteiger partial charge in [-0.1, -0.05) is 24.3 Å². The maximum absolute atomic E-state index is 4.52. The highest BCUT2D eigenvalue weighted by molar-refractivity contribution is 5.35. The Morgan fingerprint density at radius 2 is 1.84 bits per heavy atom. The second kappa shape index (κ2) is 4.97. The maximum Gasteiger partial charge on any atom is 0.144 e. The molecule has 4 nitrogen and oxygen atoms in total. The number of aromatic nitrogens is 2. The van der Waals surface area contributed by atoms with Crippen molar-refractivity contribution in [1.29, 1.82) is 0 Å². The van der Waals surface area contributed by atoms with Crippen molar-refractivity contribution in [2.75, 3.05) is 12.4 Å². The Morgan fingerprint density at radius 1 is 1.16 bits per heavy atom. The van der Waals surface area contributed by atoms with E-state index in [1.165, 1.54) is 11.1 Å². The molecule has 0 unspecified atom stereocenters. The van der Waals surface area contributed by atoms with Crippen molar-refractivity contribution in [3.63, 3.8) is 0 Å².